The van der Waals surface area contributed by atoms with Gasteiger partial charge in [0, 0.05) is 47.3 Å². The van der Waals surface area contributed by atoms with E-state index in [1.54, 1.807) is 0 Å². The lowest BCUT2D eigenvalue weighted by Crippen LogP contribution is -2.48. The van der Waals surface area contributed by atoms with Crippen LogP contribution >= 0.6 is 27.3 Å². The van der Waals surface area contributed by atoms with E-state index in [4.69, 9.17) is 0 Å². The molecule has 1 aliphatic rings. The molecule has 2 heterocycles. The minimum Gasteiger partial charge on any atom is -0.369 e. The van der Waals surface area contributed by atoms with Gasteiger partial charge in [-0.3, -0.25) is 9.69 Å². The number of nitrogens with zero attached hydrogens (tertiary/aromatic N) is 3. The third-order valence-electron chi connectivity index (χ3n) is 5.55. The Kier molecular flexibility index (Phi) is 6.51. The Morgan fingerprint density at radius 3 is 2.57 bits per heavy atom. The van der Waals surface area contributed by atoms with Crippen molar-refractivity contribution >= 4 is 44.0 Å². The molecule has 0 unspecified atom stereocenters. The first-order valence-corrected chi connectivity index (χ1v) is 11.7. The van der Waals surface area contributed by atoms with Crippen LogP contribution in [0.15, 0.2) is 52.3 Å². The third kappa shape index (κ3) is 4.91. The van der Waals surface area contributed by atoms with Crippen molar-refractivity contribution in [3.63, 3.8) is 0 Å². The van der Waals surface area contributed by atoms with Crippen LogP contribution in [-0.2, 0) is 4.79 Å². The minimum atomic E-state index is -0.00751. The summed E-state index contributed by atoms with van der Waals surface area (Å²) >= 11 is 4.90. The topological polar surface area (TPSA) is 48.5 Å². The molecule has 4 rings (SSSR count). The molecule has 5 nitrogen and oxygen atoms in total. The Morgan fingerprint density at radius 2 is 1.83 bits per heavy atom. The Bertz CT molecular complexity index is 1030. The predicted octanol–water partition coefficient (Wildman–Crippen LogP) is 4.95. The van der Waals surface area contributed by atoms with Crippen molar-refractivity contribution in [2.24, 2.45) is 0 Å². The highest BCUT2D eigenvalue weighted by atomic mass is 79.9. The zero-order valence-electron chi connectivity index (χ0n) is 17.2. The maximum absolute atomic E-state index is 12.5. The molecule has 7 heteroatoms. The zero-order chi connectivity index (χ0) is 21.1. The number of amides is 1. The number of aryl methyl sites for hydroxylation is 1. The highest BCUT2D eigenvalue weighted by molar-refractivity contribution is 9.10. The lowest BCUT2D eigenvalue weighted by atomic mass is 10.1. The van der Waals surface area contributed by atoms with Gasteiger partial charge in [0.1, 0.15) is 0 Å². The molecule has 156 valence electrons. The molecule has 0 bridgehead atoms. The van der Waals surface area contributed by atoms with Crippen LogP contribution in [0.3, 0.4) is 0 Å². The van der Waals surface area contributed by atoms with Crippen LogP contribution in [0.5, 0.6) is 0 Å². The normalized spacial score (nSPS) is 14.7. The van der Waals surface area contributed by atoms with E-state index < -0.39 is 0 Å². The molecule has 0 radical (unpaired) electrons. The van der Waals surface area contributed by atoms with Crippen molar-refractivity contribution in [3.8, 4) is 11.3 Å². The summed E-state index contributed by atoms with van der Waals surface area (Å²) in [5.74, 6) is -0.00751. The number of hydrogen-bond donors (Lipinski definition) is 1. The molecule has 3 aromatic rings. The van der Waals surface area contributed by atoms with Crippen molar-refractivity contribution in [2.45, 2.75) is 13.8 Å². The highest BCUT2D eigenvalue weighted by Gasteiger charge is 2.21. The van der Waals surface area contributed by atoms with Gasteiger partial charge in [-0.25, -0.2) is 4.98 Å². The number of thiazole rings is 1. The van der Waals surface area contributed by atoms with Gasteiger partial charge >= 0.3 is 0 Å². The zero-order valence-corrected chi connectivity index (χ0v) is 19.6. The molecule has 1 amide bonds. The van der Waals surface area contributed by atoms with Crippen molar-refractivity contribution < 1.29 is 4.79 Å². The van der Waals surface area contributed by atoms with Crippen LogP contribution in [-0.4, -0.2) is 48.5 Å². The fraction of sp³-hybridized carbons (Fsp3) is 0.304. The lowest BCUT2D eigenvalue weighted by Gasteiger charge is -2.36. The Balaban J connectivity index is 1.29. The number of rotatable bonds is 5. The van der Waals surface area contributed by atoms with Crippen LogP contribution in [0.25, 0.3) is 11.3 Å². The maximum atomic E-state index is 12.5. The van der Waals surface area contributed by atoms with E-state index >= 15 is 0 Å². The number of benzene rings is 2. The minimum absolute atomic E-state index is 0.00751. The van der Waals surface area contributed by atoms with Gasteiger partial charge in [0.25, 0.3) is 0 Å². The SMILES string of the molecule is Cc1cccc(N2CCN(CC(=O)Nc3nc(-c4ccc(Br)cc4)cs3)CC2)c1C. The Labute approximate surface area is 189 Å². The number of carbonyl (C=O) groups excluding carboxylic acids is 1. The van der Waals surface area contributed by atoms with Crippen LogP contribution < -0.4 is 10.2 Å². The average molecular weight is 485 g/mol. The number of anilines is 2. The lowest BCUT2D eigenvalue weighted by molar-refractivity contribution is -0.117. The second kappa shape index (κ2) is 9.29. The summed E-state index contributed by atoms with van der Waals surface area (Å²) in [7, 11) is 0. The monoisotopic (exact) mass is 484 g/mol. The highest BCUT2D eigenvalue weighted by Crippen LogP contribution is 2.26. The largest absolute Gasteiger partial charge is 0.369 e. The van der Waals surface area contributed by atoms with E-state index in [0.29, 0.717) is 11.7 Å². The number of halogens is 1. The molecule has 0 spiro atoms. The van der Waals surface area contributed by atoms with Crippen molar-refractivity contribution in [1.82, 2.24) is 9.88 Å². The summed E-state index contributed by atoms with van der Waals surface area (Å²) < 4.78 is 1.03. The molecular weight excluding hydrogens is 460 g/mol. The Morgan fingerprint density at radius 1 is 1.10 bits per heavy atom. The standard InChI is InChI=1S/C23H25BrN4OS/c1-16-4-3-5-21(17(16)2)28-12-10-27(11-13-28)14-22(29)26-23-25-20(15-30-23)18-6-8-19(24)9-7-18/h3-9,15H,10-14H2,1-2H3,(H,25,26,29). The van der Waals surface area contributed by atoms with Gasteiger partial charge < -0.3 is 10.2 Å². The van der Waals surface area contributed by atoms with Crippen LogP contribution in [0.1, 0.15) is 11.1 Å². The van der Waals surface area contributed by atoms with Crippen molar-refractivity contribution in [3.05, 3.63) is 63.4 Å². The smallest absolute Gasteiger partial charge is 0.240 e. The molecule has 2 aromatic carbocycles. The van der Waals surface area contributed by atoms with E-state index in [-0.39, 0.29) is 5.91 Å². The van der Waals surface area contributed by atoms with Crippen LogP contribution in [0.4, 0.5) is 10.8 Å². The molecule has 1 aromatic heterocycles. The van der Waals surface area contributed by atoms with E-state index in [1.165, 1.54) is 28.2 Å². The molecule has 0 atom stereocenters. The summed E-state index contributed by atoms with van der Waals surface area (Å²) in [6.45, 7) is 8.35. The number of carbonyl (C=O) groups is 1. The number of hydrogen-bond acceptors (Lipinski definition) is 5. The second-order valence-electron chi connectivity index (χ2n) is 7.58. The molecular formula is C23H25BrN4OS. The first kappa shape index (κ1) is 21.0. The van der Waals surface area contributed by atoms with Gasteiger partial charge in [-0.2, -0.15) is 0 Å². The molecule has 1 fully saturated rings. The van der Waals surface area contributed by atoms with Crippen LogP contribution in [0, 0.1) is 13.8 Å². The first-order chi connectivity index (χ1) is 14.5. The van der Waals surface area contributed by atoms with Crippen molar-refractivity contribution in [1.29, 1.82) is 0 Å². The van der Waals surface area contributed by atoms with E-state index in [2.05, 4.69) is 68.1 Å². The van der Waals surface area contributed by atoms with E-state index in [9.17, 15) is 4.79 Å². The van der Waals surface area contributed by atoms with E-state index in [1.807, 2.05) is 29.6 Å². The van der Waals surface area contributed by atoms with Gasteiger partial charge in [-0.05, 0) is 43.2 Å². The molecule has 1 N–H and O–H groups in total. The van der Waals surface area contributed by atoms with Gasteiger partial charge in [-0.15, -0.1) is 11.3 Å². The average Bonchev–Trinajstić information content (AvgIpc) is 3.19. The van der Waals surface area contributed by atoms with Crippen molar-refractivity contribution in [2.75, 3.05) is 42.9 Å². The van der Waals surface area contributed by atoms with Gasteiger partial charge in [-0.1, -0.05) is 40.2 Å². The fourth-order valence-corrected chi connectivity index (χ4v) is 4.67. The van der Waals surface area contributed by atoms with E-state index in [0.717, 1.165) is 41.9 Å². The maximum Gasteiger partial charge on any atom is 0.240 e. The molecule has 1 aliphatic heterocycles. The predicted molar refractivity (Wildman–Crippen MR) is 128 cm³/mol. The molecule has 30 heavy (non-hydrogen) atoms. The number of piperazine rings is 1. The summed E-state index contributed by atoms with van der Waals surface area (Å²) in [6.07, 6.45) is 0. The van der Waals surface area contributed by atoms with Gasteiger partial charge in [0.15, 0.2) is 5.13 Å². The summed E-state index contributed by atoms with van der Waals surface area (Å²) in [4.78, 5) is 21.7. The molecule has 0 saturated carbocycles. The van der Waals surface area contributed by atoms with Crippen LogP contribution in [0.2, 0.25) is 0 Å². The molecule has 0 aliphatic carbocycles. The molecule has 1 saturated heterocycles. The number of aromatic nitrogens is 1. The van der Waals surface area contributed by atoms with Gasteiger partial charge in [0.2, 0.25) is 5.91 Å². The second-order valence-corrected chi connectivity index (χ2v) is 9.35. The first-order valence-electron chi connectivity index (χ1n) is 10.0. The quantitative estimate of drug-likeness (QED) is 0.556. The fourth-order valence-electron chi connectivity index (χ4n) is 3.67. The summed E-state index contributed by atoms with van der Waals surface area (Å²) in [6, 6.07) is 14.5. The number of nitrogens with one attached hydrogen (secondary N) is 1. The summed E-state index contributed by atoms with van der Waals surface area (Å²) in [5, 5.41) is 5.57. The van der Waals surface area contributed by atoms with Gasteiger partial charge in [0.05, 0.1) is 12.2 Å². The summed E-state index contributed by atoms with van der Waals surface area (Å²) in [5.41, 5.74) is 5.89. The Hall–Kier alpha value is -2.22. The third-order valence-corrected chi connectivity index (χ3v) is 6.83.